The minimum absolute atomic E-state index is 0.153. The fourth-order valence-electron chi connectivity index (χ4n) is 0.0756. The Hall–Kier alpha value is -1.01. The van der Waals surface area contributed by atoms with E-state index in [9.17, 15) is 4.79 Å². The third-order valence-corrected chi connectivity index (χ3v) is 0.586. The van der Waals surface area contributed by atoms with Crippen LogP contribution in [0.4, 0.5) is 0 Å². The van der Waals surface area contributed by atoms with Gasteiger partial charge >= 0.3 is 5.97 Å². The molecule has 0 saturated carbocycles. The molecule has 0 atom stereocenters. The summed E-state index contributed by atoms with van der Waals surface area (Å²) in [6.45, 7) is 4.58. The molecule has 0 rings (SSSR count). The third-order valence-electron chi connectivity index (χ3n) is 0.586. The van der Waals surface area contributed by atoms with E-state index in [2.05, 4.69) is 12.3 Å². The van der Waals surface area contributed by atoms with Crippen molar-refractivity contribution in [2.24, 2.45) is 0 Å². The molecule has 0 aliphatic heterocycles. The Morgan fingerprint density at radius 1 is 1.86 bits per heavy atom. The topological polar surface area (TPSA) is 37.3 Å². The van der Waals surface area contributed by atoms with E-state index in [1.165, 1.54) is 6.92 Å². The lowest BCUT2D eigenvalue weighted by Gasteiger charge is -1.80. The Morgan fingerprint density at radius 3 is 2.29 bits per heavy atom. The molecule has 0 bridgehead atoms. The summed E-state index contributed by atoms with van der Waals surface area (Å²) in [5.41, 5.74) is 2.38. The third kappa shape index (κ3) is 1.79. The van der Waals surface area contributed by atoms with Crippen molar-refractivity contribution < 1.29 is 9.90 Å². The van der Waals surface area contributed by atoms with Crippen LogP contribution in [0.2, 0.25) is 0 Å². The number of carboxylic acids is 1. The second-order valence-electron chi connectivity index (χ2n) is 1.11. The molecule has 0 aromatic heterocycles. The Morgan fingerprint density at radius 2 is 2.29 bits per heavy atom. The molecule has 38 valence electrons. The van der Waals surface area contributed by atoms with E-state index < -0.39 is 5.97 Å². The van der Waals surface area contributed by atoms with E-state index in [0.717, 1.165) is 0 Å². The molecular weight excluding hydrogens is 92.1 g/mol. The standard InChI is InChI=1S/C5H6O2/c1-3-4(2)5(6)7/h1H2,2H3,(H,6,7). The normalized spacial score (nSPS) is 7.00. The highest BCUT2D eigenvalue weighted by atomic mass is 16.4. The fraction of sp³-hybridized carbons (Fsp3) is 0.200. The van der Waals surface area contributed by atoms with Gasteiger partial charge in [-0.15, -0.1) is 5.73 Å². The lowest BCUT2D eigenvalue weighted by Crippen LogP contribution is -1.92. The van der Waals surface area contributed by atoms with Crippen LogP contribution in [0.3, 0.4) is 0 Å². The zero-order valence-corrected chi connectivity index (χ0v) is 4.06. The molecule has 0 radical (unpaired) electrons. The Labute approximate surface area is 41.8 Å². The van der Waals surface area contributed by atoms with Crippen LogP contribution in [-0.4, -0.2) is 11.1 Å². The zero-order valence-electron chi connectivity index (χ0n) is 4.06. The largest absolute Gasteiger partial charge is 0.477 e. The predicted octanol–water partition coefficient (Wildman–Crippen LogP) is 0.802. The van der Waals surface area contributed by atoms with Crippen LogP contribution in [0.25, 0.3) is 0 Å². The molecule has 0 spiro atoms. The summed E-state index contributed by atoms with van der Waals surface area (Å²) in [6.07, 6.45) is 0. The van der Waals surface area contributed by atoms with Gasteiger partial charge < -0.3 is 5.11 Å². The maximum Gasteiger partial charge on any atom is 0.339 e. The molecule has 0 heterocycles. The average Bonchev–Trinajstić information content (AvgIpc) is 1.65. The van der Waals surface area contributed by atoms with Crippen LogP contribution in [0.5, 0.6) is 0 Å². The predicted molar refractivity (Wildman–Crippen MR) is 26.0 cm³/mol. The minimum Gasteiger partial charge on any atom is -0.477 e. The molecule has 7 heavy (non-hydrogen) atoms. The quantitative estimate of drug-likeness (QED) is 0.389. The van der Waals surface area contributed by atoms with Crippen molar-refractivity contribution in [2.75, 3.05) is 0 Å². The summed E-state index contributed by atoms with van der Waals surface area (Å²) in [6, 6.07) is 0. The van der Waals surface area contributed by atoms with E-state index in [4.69, 9.17) is 5.11 Å². The van der Waals surface area contributed by atoms with Crippen LogP contribution in [0.15, 0.2) is 17.9 Å². The zero-order chi connectivity index (χ0) is 5.86. The monoisotopic (exact) mass is 98.0 g/mol. The van der Waals surface area contributed by atoms with Gasteiger partial charge in [-0.1, -0.05) is 6.58 Å². The van der Waals surface area contributed by atoms with Crippen molar-refractivity contribution in [3.8, 4) is 0 Å². The molecule has 0 aliphatic carbocycles. The molecule has 0 amide bonds. The summed E-state index contributed by atoms with van der Waals surface area (Å²) >= 11 is 0. The highest BCUT2D eigenvalue weighted by Crippen LogP contribution is 1.83. The van der Waals surface area contributed by atoms with Crippen molar-refractivity contribution in [1.29, 1.82) is 0 Å². The average molecular weight is 98.1 g/mol. The van der Waals surface area contributed by atoms with Gasteiger partial charge in [-0.3, -0.25) is 0 Å². The van der Waals surface area contributed by atoms with E-state index in [-0.39, 0.29) is 5.57 Å². The van der Waals surface area contributed by atoms with Gasteiger partial charge in [0.25, 0.3) is 0 Å². The summed E-state index contributed by atoms with van der Waals surface area (Å²) in [7, 11) is 0. The first kappa shape index (κ1) is 5.99. The van der Waals surface area contributed by atoms with Gasteiger partial charge in [0.15, 0.2) is 0 Å². The van der Waals surface area contributed by atoms with E-state index >= 15 is 0 Å². The first-order valence-electron chi connectivity index (χ1n) is 1.78. The Bertz CT molecular complexity index is 129. The van der Waals surface area contributed by atoms with Crippen LogP contribution < -0.4 is 0 Å². The van der Waals surface area contributed by atoms with Crippen molar-refractivity contribution in [3.63, 3.8) is 0 Å². The summed E-state index contributed by atoms with van der Waals surface area (Å²) in [5, 5.41) is 8.04. The van der Waals surface area contributed by atoms with Gasteiger partial charge in [-0.25, -0.2) is 4.79 Å². The van der Waals surface area contributed by atoms with Crippen LogP contribution in [0.1, 0.15) is 6.92 Å². The maximum atomic E-state index is 9.79. The van der Waals surface area contributed by atoms with E-state index in [1.807, 2.05) is 0 Å². The van der Waals surface area contributed by atoms with E-state index in [0.29, 0.717) is 0 Å². The second kappa shape index (κ2) is 2.21. The smallest absolute Gasteiger partial charge is 0.339 e. The van der Waals surface area contributed by atoms with Crippen LogP contribution in [-0.2, 0) is 4.79 Å². The number of aliphatic carboxylic acids is 1. The summed E-state index contributed by atoms with van der Waals surface area (Å²) in [4.78, 5) is 9.79. The SMILES string of the molecule is C=C=C(C)C(=O)O. The van der Waals surface area contributed by atoms with Gasteiger partial charge in [-0.2, -0.15) is 0 Å². The van der Waals surface area contributed by atoms with Crippen LogP contribution >= 0.6 is 0 Å². The Balaban J connectivity index is 4.10. The number of rotatable bonds is 1. The van der Waals surface area contributed by atoms with Crippen LogP contribution in [0, 0.1) is 0 Å². The van der Waals surface area contributed by atoms with Gasteiger partial charge in [0.2, 0.25) is 0 Å². The first-order chi connectivity index (χ1) is 3.18. The van der Waals surface area contributed by atoms with Gasteiger partial charge in [0.1, 0.15) is 0 Å². The number of carboxylic acid groups (broad SMARTS) is 1. The highest BCUT2D eigenvalue weighted by molar-refractivity contribution is 5.85. The van der Waals surface area contributed by atoms with Crippen molar-refractivity contribution >= 4 is 5.97 Å². The molecule has 0 aromatic rings. The van der Waals surface area contributed by atoms with E-state index in [1.54, 1.807) is 0 Å². The lowest BCUT2D eigenvalue weighted by molar-refractivity contribution is -0.132. The first-order valence-corrected chi connectivity index (χ1v) is 1.78. The summed E-state index contributed by atoms with van der Waals surface area (Å²) < 4.78 is 0. The molecule has 1 N–H and O–H groups in total. The Kier molecular flexibility index (Phi) is 1.89. The van der Waals surface area contributed by atoms with Gasteiger partial charge in [0.05, 0.1) is 5.57 Å². The number of hydrogen-bond donors (Lipinski definition) is 1. The lowest BCUT2D eigenvalue weighted by atomic mass is 10.3. The maximum absolute atomic E-state index is 9.79. The molecular formula is C5H6O2. The molecule has 0 aliphatic rings. The van der Waals surface area contributed by atoms with Crippen molar-refractivity contribution in [1.82, 2.24) is 0 Å². The van der Waals surface area contributed by atoms with Crippen molar-refractivity contribution in [3.05, 3.63) is 17.9 Å². The van der Waals surface area contributed by atoms with Gasteiger partial charge in [0, 0.05) is 0 Å². The second-order valence-corrected chi connectivity index (χ2v) is 1.11. The van der Waals surface area contributed by atoms with Crippen molar-refractivity contribution in [2.45, 2.75) is 6.92 Å². The molecule has 0 aromatic carbocycles. The molecule has 0 saturated heterocycles. The number of carbonyl (C=O) groups is 1. The molecule has 0 fully saturated rings. The summed E-state index contributed by atoms with van der Waals surface area (Å²) in [5.74, 6) is -0.963. The van der Waals surface area contributed by atoms with Gasteiger partial charge in [-0.05, 0) is 6.92 Å². The minimum atomic E-state index is -0.963. The molecule has 2 heteroatoms. The fourth-order valence-corrected chi connectivity index (χ4v) is 0.0756. The molecule has 0 unspecified atom stereocenters. The highest BCUT2D eigenvalue weighted by Gasteiger charge is 1.93. The molecule has 2 nitrogen and oxygen atoms in total. The number of hydrogen-bond acceptors (Lipinski definition) is 1.